The maximum Gasteiger partial charge on any atom is 0.289 e. The summed E-state index contributed by atoms with van der Waals surface area (Å²) in [6.45, 7) is 2.64. The van der Waals surface area contributed by atoms with E-state index in [1.54, 1.807) is 36.4 Å². The van der Waals surface area contributed by atoms with Gasteiger partial charge in [-0.1, -0.05) is 25.1 Å². The first kappa shape index (κ1) is 25.7. The zero-order valence-corrected chi connectivity index (χ0v) is 22.3. The second-order valence-corrected chi connectivity index (χ2v) is 10.4. The number of anilines is 2. The third kappa shape index (κ3) is 4.70. The van der Waals surface area contributed by atoms with Gasteiger partial charge in [-0.25, -0.2) is 15.0 Å². The number of piperidine rings is 1. The Labute approximate surface area is 231 Å². The van der Waals surface area contributed by atoms with Gasteiger partial charge in [-0.05, 0) is 55.4 Å². The van der Waals surface area contributed by atoms with E-state index < -0.39 is 5.91 Å². The number of nitrogen functional groups attached to an aromatic ring is 1. The molecule has 6 rings (SSSR count). The van der Waals surface area contributed by atoms with Crippen LogP contribution >= 0.6 is 0 Å². The number of aromatic nitrogens is 4. The van der Waals surface area contributed by atoms with Crippen molar-refractivity contribution in [2.24, 2.45) is 0 Å². The Balaban J connectivity index is 1.46. The van der Waals surface area contributed by atoms with Gasteiger partial charge < -0.3 is 16.0 Å². The maximum absolute atomic E-state index is 13.2. The van der Waals surface area contributed by atoms with Crippen molar-refractivity contribution in [1.29, 1.82) is 0 Å². The number of nitrogens with two attached hydrogens (primary N) is 1. The largest absolute Gasteiger partial charge is 0.382 e. The number of hydrogen-bond acceptors (Lipinski definition) is 7. The van der Waals surface area contributed by atoms with Crippen molar-refractivity contribution < 1.29 is 14.4 Å². The third-order valence-electron chi connectivity index (χ3n) is 7.75. The number of rotatable bonds is 7. The highest BCUT2D eigenvalue weighted by Gasteiger charge is 2.34. The van der Waals surface area contributed by atoms with Crippen LogP contribution in [0.2, 0.25) is 0 Å². The molecular weight excluding hydrogens is 506 g/mol. The molecule has 3 N–H and O–H groups in total. The number of fused-ring (bicyclic) bond motifs is 1. The molecule has 204 valence electrons. The Kier molecular flexibility index (Phi) is 6.75. The monoisotopic (exact) mass is 537 g/mol. The van der Waals surface area contributed by atoms with Gasteiger partial charge in [0.25, 0.3) is 11.8 Å². The number of hydrogen-bond donors (Lipinski definition) is 2. The molecule has 4 heterocycles. The summed E-state index contributed by atoms with van der Waals surface area (Å²) in [6, 6.07) is 11.0. The lowest BCUT2D eigenvalue weighted by atomic mass is 9.96. The summed E-state index contributed by atoms with van der Waals surface area (Å²) in [5.74, 6) is 0.620. The second kappa shape index (κ2) is 10.5. The molecule has 0 unspecified atom stereocenters. The van der Waals surface area contributed by atoms with Crippen LogP contribution in [0.4, 0.5) is 11.6 Å². The summed E-state index contributed by atoms with van der Waals surface area (Å²) in [7, 11) is 0. The van der Waals surface area contributed by atoms with Gasteiger partial charge >= 0.3 is 0 Å². The molecule has 1 aliphatic carbocycles. The molecule has 10 nitrogen and oxygen atoms in total. The van der Waals surface area contributed by atoms with E-state index in [0.717, 1.165) is 42.6 Å². The van der Waals surface area contributed by atoms with Gasteiger partial charge in [-0.2, -0.15) is 0 Å². The average Bonchev–Trinajstić information content (AvgIpc) is 3.77. The van der Waals surface area contributed by atoms with Gasteiger partial charge in [0, 0.05) is 55.1 Å². The van der Waals surface area contributed by atoms with Crippen molar-refractivity contribution in [3.05, 3.63) is 71.9 Å². The van der Waals surface area contributed by atoms with E-state index in [9.17, 15) is 14.4 Å². The number of pyridine rings is 1. The topological polar surface area (TPSA) is 136 Å². The fourth-order valence-electron chi connectivity index (χ4n) is 5.57. The van der Waals surface area contributed by atoms with Crippen molar-refractivity contribution in [3.63, 3.8) is 0 Å². The van der Waals surface area contributed by atoms with Gasteiger partial charge in [0.05, 0.1) is 0 Å². The molecular formula is C30H31N7O3. The van der Waals surface area contributed by atoms with Crippen molar-refractivity contribution in [2.75, 3.05) is 24.1 Å². The van der Waals surface area contributed by atoms with E-state index in [4.69, 9.17) is 10.7 Å². The summed E-state index contributed by atoms with van der Waals surface area (Å²) in [5.41, 5.74) is 10.0. The lowest BCUT2D eigenvalue weighted by Gasteiger charge is -2.31. The number of nitrogens with zero attached hydrogens (tertiary/aromatic N) is 5. The molecule has 1 saturated carbocycles. The van der Waals surface area contributed by atoms with Crippen molar-refractivity contribution in [2.45, 2.75) is 50.9 Å². The quantitative estimate of drug-likeness (QED) is 0.338. The van der Waals surface area contributed by atoms with E-state index in [1.807, 2.05) is 34.9 Å². The zero-order chi connectivity index (χ0) is 27.8. The standard InChI is InChI=1S/C30H31N7O3/c1-2-22(38)30(40)36-15-6-9-20(17-36)28-34-24(25-26(31)32-14-16-37(25)28)23-21(18-10-11-18)12-13-33-27(23)35-29(39)19-7-4-3-5-8-19/h3-5,7-8,12-14,16,18,20H,2,6,9-11,15,17H2,1H3,(H2,31,32)(H,33,35,39)/t20-/m1/s1. The lowest BCUT2D eigenvalue weighted by molar-refractivity contribution is -0.145. The summed E-state index contributed by atoms with van der Waals surface area (Å²) in [6.07, 6.45) is 9.01. The minimum absolute atomic E-state index is 0.103. The fraction of sp³-hybridized carbons (Fsp3) is 0.333. The van der Waals surface area contributed by atoms with Crippen molar-refractivity contribution in [1.82, 2.24) is 24.3 Å². The van der Waals surface area contributed by atoms with Crippen LogP contribution in [0, 0.1) is 0 Å². The van der Waals surface area contributed by atoms with Crippen LogP contribution in [0.25, 0.3) is 16.8 Å². The number of likely N-dealkylation sites (tertiary alicyclic amines) is 1. The van der Waals surface area contributed by atoms with Crippen molar-refractivity contribution in [3.8, 4) is 11.3 Å². The van der Waals surface area contributed by atoms with E-state index >= 15 is 0 Å². The summed E-state index contributed by atoms with van der Waals surface area (Å²) < 4.78 is 1.93. The van der Waals surface area contributed by atoms with Gasteiger partial charge in [-0.3, -0.25) is 18.8 Å². The van der Waals surface area contributed by atoms with Crippen LogP contribution in [0.3, 0.4) is 0 Å². The Morgan fingerprint density at radius 3 is 2.58 bits per heavy atom. The van der Waals surface area contributed by atoms with Crippen molar-refractivity contribution >= 4 is 34.8 Å². The first-order valence-corrected chi connectivity index (χ1v) is 13.8. The number of carbonyl (C=O) groups is 3. The Bertz CT molecular complexity index is 1610. The van der Waals surface area contributed by atoms with E-state index in [1.165, 1.54) is 0 Å². The highest BCUT2D eigenvalue weighted by molar-refractivity contribution is 6.36. The van der Waals surface area contributed by atoms with Crippen LogP contribution in [-0.2, 0) is 9.59 Å². The number of nitrogens with one attached hydrogen (secondary N) is 1. The predicted octanol–water partition coefficient (Wildman–Crippen LogP) is 4.19. The van der Waals surface area contributed by atoms with E-state index in [-0.39, 0.29) is 24.0 Å². The molecule has 1 saturated heterocycles. The molecule has 10 heteroatoms. The summed E-state index contributed by atoms with van der Waals surface area (Å²) in [5, 5.41) is 3.01. The first-order valence-electron chi connectivity index (χ1n) is 13.8. The molecule has 40 heavy (non-hydrogen) atoms. The molecule has 0 radical (unpaired) electrons. The Hall–Kier alpha value is -4.60. The molecule has 0 spiro atoms. The van der Waals surface area contributed by atoms with Crippen LogP contribution in [-0.4, -0.2) is 54.9 Å². The normalized spacial score (nSPS) is 17.1. The van der Waals surface area contributed by atoms with E-state index in [2.05, 4.69) is 15.3 Å². The Morgan fingerprint density at radius 1 is 1.02 bits per heavy atom. The molecule has 2 aliphatic rings. The summed E-state index contributed by atoms with van der Waals surface area (Å²) in [4.78, 5) is 53.8. The van der Waals surface area contributed by atoms with Gasteiger partial charge in [-0.15, -0.1) is 0 Å². The zero-order valence-electron chi connectivity index (χ0n) is 22.3. The highest BCUT2D eigenvalue weighted by Crippen LogP contribution is 2.47. The number of Topliss-reactive ketones (excluding diaryl/α,β-unsaturated/α-hetero) is 1. The third-order valence-corrected chi connectivity index (χ3v) is 7.75. The smallest absolute Gasteiger partial charge is 0.289 e. The van der Waals surface area contributed by atoms with Crippen LogP contribution in [0.15, 0.2) is 55.0 Å². The molecule has 4 aromatic rings. The van der Waals surface area contributed by atoms with Crippen LogP contribution in [0.1, 0.15) is 72.6 Å². The predicted molar refractivity (Wildman–Crippen MR) is 151 cm³/mol. The fourth-order valence-corrected chi connectivity index (χ4v) is 5.57. The van der Waals surface area contributed by atoms with Crippen LogP contribution in [0.5, 0.6) is 0 Å². The minimum atomic E-state index is -0.441. The van der Waals surface area contributed by atoms with Gasteiger partial charge in [0.15, 0.2) is 0 Å². The molecule has 0 bridgehead atoms. The summed E-state index contributed by atoms with van der Waals surface area (Å²) >= 11 is 0. The molecule has 1 aliphatic heterocycles. The molecule has 1 aromatic carbocycles. The number of ketones is 1. The first-order chi connectivity index (χ1) is 19.5. The number of benzene rings is 1. The lowest BCUT2D eigenvalue weighted by Crippen LogP contribution is -2.42. The van der Waals surface area contributed by atoms with Crippen LogP contribution < -0.4 is 11.1 Å². The second-order valence-electron chi connectivity index (χ2n) is 10.4. The Morgan fingerprint density at radius 2 is 1.82 bits per heavy atom. The van der Waals surface area contributed by atoms with Gasteiger partial charge in [0.1, 0.15) is 28.7 Å². The molecule has 3 aromatic heterocycles. The molecule has 1 atom stereocenters. The number of imidazole rings is 1. The minimum Gasteiger partial charge on any atom is -0.382 e. The van der Waals surface area contributed by atoms with Gasteiger partial charge in [0.2, 0.25) is 5.78 Å². The SMILES string of the molecule is CCC(=O)C(=O)N1CCC[C@@H](c2nc(-c3c(C4CC4)ccnc3NC(=O)c3ccccc3)c3c(N)nccn23)C1. The highest BCUT2D eigenvalue weighted by atomic mass is 16.2. The molecule has 2 amide bonds. The maximum atomic E-state index is 13.2. The number of carbonyl (C=O) groups excluding carboxylic acids is 3. The van der Waals surface area contributed by atoms with E-state index in [0.29, 0.717) is 47.4 Å². The molecule has 2 fully saturated rings. The average molecular weight is 538 g/mol. The number of amides is 2.